The lowest BCUT2D eigenvalue weighted by molar-refractivity contribution is -0.154. The molecule has 8 atom stereocenters. The van der Waals surface area contributed by atoms with Crippen LogP contribution >= 0.6 is 0 Å². The molecule has 4 aliphatic rings. The van der Waals surface area contributed by atoms with E-state index in [4.69, 9.17) is 10.00 Å². The van der Waals surface area contributed by atoms with Gasteiger partial charge in [0.05, 0.1) is 13.2 Å². The summed E-state index contributed by atoms with van der Waals surface area (Å²) in [5.74, 6) is 4.30. The standard InChI is InChI=1S/C27H39N3O2/c1-18-8-12-27(17-32-3)19(14-18)4-5-21-22-6-7-24(26(22,2)11-9-23(21)27)25(31)16-30-13-10-20(15-28)29-30/h10,13,18-19,21-24H,4-9,11-12,14,16-17H2,1-3H3/t18-,19?,21?,22?,23?,24+,26?,27?/m0/s1. The van der Waals surface area contributed by atoms with Gasteiger partial charge < -0.3 is 4.74 Å². The second-order valence-corrected chi connectivity index (χ2v) is 11.8. The number of carbonyl (C=O) groups excluding carboxylic acids is 1. The molecular weight excluding hydrogens is 398 g/mol. The molecule has 6 unspecified atom stereocenters. The van der Waals surface area contributed by atoms with E-state index >= 15 is 0 Å². The van der Waals surface area contributed by atoms with E-state index in [0.717, 1.165) is 36.7 Å². The van der Waals surface area contributed by atoms with Crippen LogP contribution in [-0.2, 0) is 16.1 Å². The molecule has 0 amide bonds. The third kappa shape index (κ3) is 3.36. The van der Waals surface area contributed by atoms with E-state index in [1.54, 1.807) is 16.9 Å². The third-order valence-corrected chi connectivity index (χ3v) is 10.5. The molecule has 0 bridgehead atoms. The van der Waals surface area contributed by atoms with Gasteiger partial charge in [-0.2, -0.15) is 10.4 Å². The van der Waals surface area contributed by atoms with E-state index < -0.39 is 0 Å². The van der Waals surface area contributed by atoms with Crippen molar-refractivity contribution < 1.29 is 9.53 Å². The maximum absolute atomic E-state index is 13.4. The smallest absolute Gasteiger partial charge is 0.162 e. The Morgan fingerprint density at radius 3 is 2.81 bits per heavy atom. The molecular formula is C27H39N3O2. The summed E-state index contributed by atoms with van der Waals surface area (Å²) >= 11 is 0. The van der Waals surface area contributed by atoms with Crippen molar-refractivity contribution >= 4 is 5.78 Å². The predicted octanol–water partition coefficient (Wildman–Crippen LogP) is 5.25. The summed E-state index contributed by atoms with van der Waals surface area (Å²) in [6, 6.07) is 3.75. The molecule has 0 aliphatic heterocycles. The zero-order valence-electron chi connectivity index (χ0n) is 20.1. The van der Waals surface area contributed by atoms with Crippen LogP contribution in [0.15, 0.2) is 12.3 Å². The van der Waals surface area contributed by atoms with E-state index in [1.807, 2.05) is 7.11 Å². The Bertz CT molecular complexity index is 903. The first-order chi connectivity index (χ1) is 15.4. The minimum Gasteiger partial charge on any atom is -0.384 e. The van der Waals surface area contributed by atoms with Crippen LogP contribution in [0.25, 0.3) is 0 Å². The van der Waals surface area contributed by atoms with Crippen molar-refractivity contribution in [1.82, 2.24) is 9.78 Å². The van der Waals surface area contributed by atoms with Crippen molar-refractivity contribution in [3.63, 3.8) is 0 Å². The molecule has 5 rings (SSSR count). The maximum Gasteiger partial charge on any atom is 0.162 e. The summed E-state index contributed by atoms with van der Waals surface area (Å²) < 4.78 is 7.57. The Kier molecular flexibility index (Phi) is 5.73. The number of fused-ring (bicyclic) bond motifs is 5. The average molecular weight is 438 g/mol. The lowest BCUT2D eigenvalue weighted by Crippen LogP contribution is -2.56. The van der Waals surface area contributed by atoms with E-state index in [2.05, 4.69) is 25.0 Å². The largest absolute Gasteiger partial charge is 0.384 e. The molecule has 0 radical (unpaired) electrons. The summed E-state index contributed by atoms with van der Waals surface area (Å²) in [6.45, 7) is 6.09. The fraction of sp³-hybridized carbons (Fsp3) is 0.815. The summed E-state index contributed by atoms with van der Waals surface area (Å²) in [5.41, 5.74) is 0.874. The topological polar surface area (TPSA) is 67.9 Å². The molecule has 1 aromatic heterocycles. The highest BCUT2D eigenvalue weighted by Crippen LogP contribution is 2.68. The predicted molar refractivity (Wildman–Crippen MR) is 123 cm³/mol. The molecule has 1 heterocycles. The van der Waals surface area contributed by atoms with Gasteiger partial charge in [0.25, 0.3) is 0 Å². The van der Waals surface area contributed by atoms with Crippen molar-refractivity contribution in [2.24, 2.45) is 46.3 Å². The number of Topliss-reactive ketones (excluding diaryl/α,β-unsaturated/α-hetero) is 1. The summed E-state index contributed by atoms with van der Waals surface area (Å²) in [6.07, 6.45) is 13.2. The number of aromatic nitrogens is 2. The Hall–Kier alpha value is -1.67. The quantitative estimate of drug-likeness (QED) is 0.631. The van der Waals surface area contributed by atoms with Gasteiger partial charge in [-0.15, -0.1) is 0 Å². The number of hydrogen-bond donors (Lipinski definition) is 0. The van der Waals surface area contributed by atoms with Gasteiger partial charge in [0, 0.05) is 19.2 Å². The van der Waals surface area contributed by atoms with Gasteiger partial charge in [-0.25, -0.2) is 0 Å². The molecule has 5 nitrogen and oxygen atoms in total. The van der Waals surface area contributed by atoms with Crippen molar-refractivity contribution in [2.45, 2.75) is 78.2 Å². The molecule has 4 aliphatic carbocycles. The van der Waals surface area contributed by atoms with Crippen LogP contribution in [0.3, 0.4) is 0 Å². The van der Waals surface area contributed by atoms with Gasteiger partial charge in [-0.1, -0.05) is 20.3 Å². The highest BCUT2D eigenvalue weighted by molar-refractivity contribution is 5.82. The van der Waals surface area contributed by atoms with Gasteiger partial charge in [0.2, 0.25) is 0 Å². The van der Waals surface area contributed by atoms with Gasteiger partial charge >= 0.3 is 0 Å². The molecule has 4 fully saturated rings. The third-order valence-electron chi connectivity index (χ3n) is 10.5. The van der Waals surface area contributed by atoms with Crippen molar-refractivity contribution in [3.05, 3.63) is 18.0 Å². The Morgan fingerprint density at radius 1 is 1.22 bits per heavy atom. The first-order valence-electron chi connectivity index (χ1n) is 12.9. The Labute approximate surface area is 192 Å². The van der Waals surface area contributed by atoms with E-state index in [0.29, 0.717) is 29.4 Å². The summed E-state index contributed by atoms with van der Waals surface area (Å²) in [5, 5.41) is 13.3. The average Bonchev–Trinajstić information content (AvgIpc) is 3.37. The van der Waals surface area contributed by atoms with E-state index in [9.17, 15) is 4.79 Å². The van der Waals surface area contributed by atoms with Crippen LogP contribution in [0.1, 0.15) is 77.3 Å². The molecule has 0 spiro atoms. The first-order valence-corrected chi connectivity index (χ1v) is 12.9. The SMILES string of the molecule is COCC12CC[C@H](C)CC1CCC1C2CCC2(C)C1CC[C@@H]2C(=O)Cn1ccc(C#N)n1. The number of nitrogens with zero attached hydrogens (tertiary/aromatic N) is 3. The molecule has 0 saturated heterocycles. The van der Waals surface area contributed by atoms with Crippen LogP contribution in [0.5, 0.6) is 0 Å². The van der Waals surface area contributed by atoms with Crippen LogP contribution in [0.4, 0.5) is 0 Å². The first kappa shape index (κ1) is 22.1. The van der Waals surface area contributed by atoms with Gasteiger partial charge in [0.15, 0.2) is 11.5 Å². The monoisotopic (exact) mass is 437 g/mol. The number of carbonyl (C=O) groups is 1. The normalized spacial score (nSPS) is 43.1. The van der Waals surface area contributed by atoms with Crippen LogP contribution in [-0.4, -0.2) is 29.3 Å². The zero-order valence-corrected chi connectivity index (χ0v) is 20.1. The molecule has 4 saturated carbocycles. The lowest BCUT2D eigenvalue weighted by Gasteiger charge is -2.61. The molecule has 1 aromatic rings. The number of rotatable bonds is 5. The second kappa shape index (κ2) is 8.28. The molecule has 174 valence electrons. The summed E-state index contributed by atoms with van der Waals surface area (Å²) in [4.78, 5) is 13.4. The lowest BCUT2D eigenvalue weighted by atomic mass is 9.44. The minimum absolute atomic E-state index is 0.118. The van der Waals surface area contributed by atoms with Crippen molar-refractivity contribution in [2.75, 3.05) is 13.7 Å². The van der Waals surface area contributed by atoms with Gasteiger partial charge in [-0.05, 0) is 97.9 Å². The molecule has 0 aromatic carbocycles. The number of ether oxygens (including phenoxy) is 1. The second-order valence-electron chi connectivity index (χ2n) is 11.8. The fourth-order valence-corrected chi connectivity index (χ4v) is 9.12. The van der Waals surface area contributed by atoms with Gasteiger partial charge in [0.1, 0.15) is 6.07 Å². The van der Waals surface area contributed by atoms with E-state index in [1.165, 1.54) is 51.4 Å². The number of hydrogen-bond acceptors (Lipinski definition) is 4. The number of methoxy groups -OCH3 is 1. The highest BCUT2D eigenvalue weighted by atomic mass is 16.5. The fourth-order valence-electron chi connectivity index (χ4n) is 9.12. The number of ketones is 1. The van der Waals surface area contributed by atoms with Crippen molar-refractivity contribution in [3.8, 4) is 6.07 Å². The minimum atomic E-state index is 0.118. The molecule has 5 heteroatoms. The Morgan fingerprint density at radius 2 is 2.06 bits per heavy atom. The van der Waals surface area contributed by atoms with Crippen LogP contribution in [0, 0.1) is 57.7 Å². The van der Waals surface area contributed by atoms with Gasteiger partial charge in [-0.3, -0.25) is 9.48 Å². The molecule has 32 heavy (non-hydrogen) atoms. The van der Waals surface area contributed by atoms with Crippen LogP contribution < -0.4 is 0 Å². The highest BCUT2D eigenvalue weighted by Gasteiger charge is 2.62. The number of nitriles is 1. The maximum atomic E-state index is 13.4. The Balaban J connectivity index is 1.36. The summed E-state index contributed by atoms with van der Waals surface area (Å²) in [7, 11) is 1.90. The van der Waals surface area contributed by atoms with E-state index in [-0.39, 0.29) is 11.3 Å². The van der Waals surface area contributed by atoms with Crippen molar-refractivity contribution in [1.29, 1.82) is 5.26 Å². The molecule has 0 N–H and O–H groups in total. The zero-order chi connectivity index (χ0) is 22.5. The van der Waals surface area contributed by atoms with Crippen LogP contribution in [0.2, 0.25) is 0 Å².